The van der Waals surface area contributed by atoms with Gasteiger partial charge < -0.3 is 9.47 Å². The van der Waals surface area contributed by atoms with Crippen LogP contribution in [0.25, 0.3) is 0 Å². The van der Waals surface area contributed by atoms with E-state index in [9.17, 15) is 0 Å². The summed E-state index contributed by atoms with van der Waals surface area (Å²) >= 11 is 0. The molecule has 0 amide bonds. The predicted octanol–water partition coefficient (Wildman–Crippen LogP) is 1.62. The Morgan fingerprint density at radius 3 is 2.59 bits per heavy atom. The highest BCUT2D eigenvalue weighted by atomic mass is 16.5. The van der Waals surface area contributed by atoms with Crippen LogP contribution in [0.3, 0.4) is 0 Å². The summed E-state index contributed by atoms with van der Waals surface area (Å²) in [6, 6.07) is 5.72. The molecule has 0 fully saturated rings. The molecule has 0 aliphatic heterocycles. The first-order valence-corrected chi connectivity index (χ1v) is 5.38. The Bertz CT molecular complexity index is 399. The fourth-order valence-electron chi connectivity index (χ4n) is 1.64. The summed E-state index contributed by atoms with van der Waals surface area (Å²) in [5, 5.41) is 0. The third-order valence-electron chi connectivity index (χ3n) is 2.59. The van der Waals surface area contributed by atoms with E-state index >= 15 is 0 Å². The summed E-state index contributed by atoms with van der Waals surface area (Å²) in [5.74, 6) is 9.50. The van der Waals surface area contributed by atoms with Crippen LogP contribution in [0.4, 0.5) is 0 Å². The van der Waals surface area contributed by atoms with Crippen LogP contribution in [0.1, 0.15) is 24.4 Å². The molecule has 0 aliphatic rings. The molecule has 0 radical (unpaired) electrons. The lowest BCUT2D eigenvalue weighted by atomic mass is 10.0. The fraction of sp³-hybridized carbons (Fsp3) is 0.385. The van der Waals surface area contributed by atoms with Gasteiger partial charge in [-0.1, -0.05) is 6.07 Å². The lowest BCUT2D eigenvalue weighted by molar-refractivity contribution is 0.353. The van der Waals surface area contributed by atoms with Crippen molar-refractivity contribution in [1.29, 1.82) is 0 Å². The van der Waals surface area contributed by atoms with Crippen molar-refractivity contribution in [2.75, 3.05) is 14.2 Å². The Hall–Kier alpha value is -1.70. The number of hydrogen-bond donors (Lipinski definition) is 2. The van der Waals surface area contributed by atoms with Gasteiger partial charge in [-0.05, 0) is 24.1 Å². The van der Waals surface area contributed by atoms with E-state index in [1.165, 1.54) is 0 Å². The average molecular weight is 234 g/mol. The van der Waals surface area contributed by atoms with Crippen LogP contribution < -0.4 is 20.7 Å². The number of nitrogens with one attached hydrogen (secondary N) is 1. The van der Waals surface area contributed by atoms with Gasteiger partial charge in [-0.25, -0.2) is 0 Å². The second-order valence-corrected chi connectivity index (χ2v) is 3.58. The van der Waals surface area contributed by atoms with Gasteiger partial charge in [0, 0.05) is 12.5 Å². The molecule has 1 rings (SSSR count). The first-order valence-electron chi connectivity index (χ1n) is 5.38. The minimum atomic E-state index is 0.0193. The summed E-state index contributed by atoms with van der Waals surface area (Å²) in [6.07, 6.45) is 6.70. The van der Waals surface area contributed by atoms with Gasteiger partial charge in [-0.15, -0.1) is 12.3 Å². The van der Waals surface area contributed by atoms with E-state index in [1.807, 2.05) is 18.2 Å². The topological polar surface area (TPSA) is 56.5 Å². The molecule has 0 spiro atoms. The van der Waals surface area contributed by atoms with Gasteiger partial charge in [-0.3, -0.25) is 11.3 Å². The van der Waals surface area contributed by atoms with E-state index in [0.717, 1.165) is 12.0 Å². The maximum Gasteiger partial charge on any atom is 0.161 e. The van der Waals surface area contributed by atoms with Crippen molar-refractivity contribution < 1.29 is 9.47 Å². The third kappa shape index (κ3) is 3.38. The largest absolute Gasteiger partial charge is 0.493 e. The van der Waals surface area contributed by atoms with Gasteiger partial charge in [0.05, 0.1) is 14.2 Å². The number of ether oxygens (including phenoxy) is 2. The molecule has 1 aromatic rings. The highest BCUT2D eigenvalue weighted by molar-refractivity contribution is 5.43. The number of rotatable bonds is 6. The summed E-state index contributed by atoms with van der Waals surface area (Å²) in [7, 11) is 3.21. The summed E-state index contributed by atoms with van der Waals surface area (Å²) in [6.45, 7) is 0. The quantitative estimate of drug-likeness (QED) is 0.446. The van der Waals surface area contributed by atoms with Crippen molar-refractivity contribution in [1.82, 2.24) is 5.43 Å². The fourth-order valence-corrected chi connectivity index (χ4v) is 1.64. The number of hydrazine groups is 1. The van der Waals surface area contributed by atoms with E-state index in [0.29, 0.717) is 17.9 Å². The van der Waals surface area contributed by atoms with E-state index in [-0.39, 0.29) is 6.04 Å². The monoisotopic (exact) mass is 234 g/mol. The zero-order chi connectivity index (χ0) is 12.7. The zero-order valence-corrected chi connectivity index (χ0v) is 10.2. The van der Waals surface area contributed by atoms with Crippen molar-refractivity contribution in [2.45, 2.75) is 18.9 Å². The summed E-state index contributed by atoms with van der Waals surface area (Å²) < 4.78 is 10.4. The van der Waals surface area contributed by atoms with Crippen molar-refractivity contribution in [3.63, 3.8) is 0 Å². The molecule has 3 N–H and O–H groups in total. The Morgan fingerprint density at radius 2 is 2.06 bits per heavy atom. The summed E-state index contributed by atoms with van der Waals surface area (Å²) in [4.78, 5) is 0. The predicted molar refractivity (Wildman–Crippen MR) is 67.7 cm³/mol. The van der Waals surface area contributed by atoms with Gasteiger partial charge in [0.15, 0.2) is 11.5 Å². The lowest BCUT2D eigenvalue weighted by Gasteiger charge is -2.17. The van der Waals surface area contributed by atoms with Crippen LogP contribution >= 0.6 is 0 Å². The number of terminal acetylenes is 1. The molecule has 0 heterocycles. The molecule has 17 heavy (non-hydrogen) atoms. The van der Waals surface area contributed by atoms with Gasteiger partial charge in [0.1, 0.15) is 0 Å². The second kappa shape index (κ2) is 6.79. The van der Waals surface area contributed by atoms with Crippen LogP contribution in [-0.4, -0.2) is 14.2 Å². The Kier molecular flexibility index (Phi) is 5.34. The molecular formula is C13H18N2O2. The zero-order valence-electron chi connectivity index (χ0n) is 10.2. The molecule has 0 saturated heterocycles. The lowest BCUT2D eigenvalue weighted by Crippen LogP contribution is -2.27. The number of benzene rings is 1. The molecule has 0 bridgehead atoms. The summed E-state index contributed by atoms with van der Waals surface area (Å²) in [5.41, 5.74) is 3.78. The van der Waals surface area contributed by atoms with Crippen LogP contribution in [0, 0.1) is 12.3 Å². The molecule has 1 atom stereocenters. The van der Waals surface area contributed by atoms with Crippen molar-refractivity contribution >= 4 is 0 Å². The smallest absolute Gasteiger partial charge is 0.161 e. The highest BCUT2D eigenvalue weighted by Gasteiger charge is 2.12. The van der Waals surface area contributed by atoms with Crippen LogP contribution in [0.5, 0.6) is 11.5 Å². The Balaban J connectivity index is 2.93. The van der Waals surface area contributed by atoms with Gasteiger partial charge in [-0.2, -0.15) is 0 Å². The Morgan fingerprint density at radius 1 is 1.35 bits per heavy atom. The highest BCUT2D eigenvalue weighted by Crippen LogP contribution is 2.30. The van der Waals surface area contributed by atoms with Gasteiger partial charge >= 0.3 is 0 Å². The standard InChI is InChI=1S/C13H18N2O2/c1-4-5-6-11(15-14)10-7-8-12(16-2)13(9-10)17-3/h1,7-9,11,15H,5-6,14H2,2-3H3. The molecule has 0 aromatic heterocycles. The molecule has 92 valence electrons. The normalized spacial score (nSPS) is 11.6. The van der Waals surface area contributed by atoms with Crippen LogP contribution in [0.15, 0.2) is 18.2 Å². The van der Waals surface area contributed by atoms with Crippen molar-refractivity contribution in [3.8, 4) is 23.8 Å². The first kappa shape index (κ1) is 13.4. The third-order valence-corrected chi connectivity index (χ3v) is 2.59. The van der Waals surface area contributed by atoms with Gasteiger partial charge in [0.25, 0.3) is 0 Å². The number of nitrogens with two attached hydrogens (primary N) is 1. The van der Waals surface area contributed by atoms with Gasteiger partial charge in [0.2, 0.25) is 0 Å². The van der Waals surface area contributed by atoms with Crippen LogP contribution in [0.2, 0.25) is 0 Å². The van der Waals surface area contributed by atoms with Crippen molar-refractivity contribution in [2.24, 2.45) is 5.84 Å². The molecule has 1 aromatic carbocycles. The Labute approximate surface area is 102 Å². The van der Waals surface area contributed by atoms with Crippen molar-refractivity contribution in [3.05, 3.63) is 23.8 Å². The first-order chi connectivity index (χ1) is 8.26. The number of hydrogen-bond acceptors (Lipinski definition) is 4. The van der Waals surface area contributed by atoms with E-state index in [2.05, 4.69) is 11.3 Å². The molecule has 4 nitrogen and oxygen atoms in total. The molecule has 4 heteroatoms. The second-order valence-electron chi connectivity index (χ2n) is 3.58. The van der Waals surface area contributed by atoms with Crippen LogP contribution in [-0.2, 0) is 0 Å². The maximum atomic E-state index is 5.52. The number of methoxy groups -OCH3 is 2. The van der Waals surface area contributed by atoms with E-state index in [4.69, 9.17) is 21.7 Å². The minimum Gasteiger partial charge on any atom is -0.493 e. The van der Waals surface area contributed by atoms with E-state index in [1.54, 1.807) is 14.2 Å². The molecule has 0 aliphatic carbocycles. The maximum absolute atomic E-state index is 5.52. The minimum absolute atomic E-state index is 0.0193. The molecule has 1 unspecified atom stereocenters. The van der Waals surface area contributed by atoms with E-state index < -0.39 is 0 Å². The SMILES string of the molecule is C#CCCC(NN)c1ccc(OC)c(OC)c1. The molecular weight excluding hydrogens is 216 g/mol. The molecule has 0 saturated carbocycles. The average Bonchev–Trinajstić information content (AvgIpc) is 2.39.